The highest BCUT2D eigenvalue weighted by Crippen LogP contribution is 2.43. The van der Waals surface area contributed by atoms with Crippen LogP contribution < -0.4 is 0 Å². The van der Waals surface area contributed by atoms with Crippen molar-refractivity contribution in [2.24, 2.45) is 0 Å². The van der Waals surface area contributed by atoms with E-state index in [9.17, 15) is 0 Å². The van der Waals surface area contributed by atoms with Gasteiger partial charge in [-0.15, -0.1) is 0 Å². The number of aromatic nitrogens is 3. The van der Waals surface area contributed by atoms with Crippen molar-refractivity contribution in [2.75, 3.05) is 0 Å². The zero-order chi connectivity index (χ0) is 35.1. The van der Waals surface area contributed by atoms with Crippen molar-refractivity contribution in [1.82, 2.24) is 15.0 Å². The lowest BCUT2D eigenvalue weighted by molar-refractivity contribution is 0.669. The number of rotatable bonds is 6. The summed E-state index contributed by atoms with van der Waals surface area (Å²) in [7, 11) is 0. The van der Waals surface area contributed by atoms with E-state index in [4.69, 9.17) is 19.4 Å². The van der Waals surface area contributed by atoms with Crippen LogP contribution in [0.15, 0.2) is 180 Å². The van der Waals surface area contributed by atoms with Crippen molar-refractivity contribution in [3.05, 3.63) is 193 Å². The average Bonchev–Trinajstić information content (AvgIpc) is 3.63. The maximum atomic E-state index is 6.43. The molecule has 0 aliphatic heterocycles. The average molecular weight is 680 g/mol. The Morgan fingerprint density at radius 2 is 0.962 bits per heavy atom. The van der Waals surface area contributed by atoms with Crippen molar-refractivity contribution in [3.63, 3.8) is 0 Å². The monoisotopic (exact) mass is 679 g/mol. The van der Waals surface area contributed by atoms with Gasteiger partial charge in [-0.05, 0) is 75.6 Å². The second-order valence-corrected chi connectivity index (χ2v) is 13.5. The standard InChI is InChI=1S/C49H33N3O/c1-3-12-32(13-4-1)33-22-24-36(25-23-33)41-30-31-44-45(42-19-9-10-21-43(42)53-44)46(41)49-51-47(37-15-5-2-6-16-37)50-48(52-49)38-28-26-35(27-29-38)40-20-11-17-34-14-7-8-18-39(34)40/h1-10,12-16,18-31H,11,17H2. The van der Waals surface area contributed by atoms with E-state index in [1.54, 1.807) is 0 Å². The topological polar surface area (TPSA) is 51.8 Å². The van der Waals surface area contributed by atoms with E-state index < -0.39 is 0 Å². The first-order valence-corrected chi connectivity index (χ1v) is 18.1. The zero-order valence-electron chi connectivity index (χ0n) is 28.9. The molecule has 4 nitrogen and oxygen atoms in total. The van der Waals surface area contributed by atoms with Gasteiger partial charge in [0.25, 0.3) is 0 Å². The van der Waals surface area contributed by atoms with Gasteiger partial charge in [-0.1, -0.05) is 158 Å². The van der Waals surface area contributed by atoms with Gasteiger partial charge in [0, 0.05) is 27.5 Å². The van der Waals surface area contributed by atoms with Crippen LogP contribution in [0.1, 0.15) is 23.1 Å². The molecule has 0 radical (unpaired) electrons. The number of hydrogen-bond donors (Lipinski definition) is 0. The molecule has 53 heavy (non-hydrogen) atoms. The fourth-order valence-electron chi connectivity index (χ4n) is 7.65. The molecule has 4 heteroatoms. The van der Waals surface area contributed by atoms with Gasteiger partial charge in [0.05, 0.1) is 0 Å². The van der Waals surface area contributed by atoms with Gasteiger partial charge in [0.15, 0.2) is 17.5 Å². The maximum absolute atomic E-state index is 6.43. The van der Waals surface area contributed by atoms with Crippen LogP contribution in [0, 0.1) is 0 Å². The van der Waals surface area contributed by atoms with E-state index >= 15 is 0 Å². The van der Waals surface area contributed by atoms with Crippen molar-refractivity contribution in [3.8, 4) is 56.4 Å². The SMILES string of the molecule is C1=C(c2ccc(-c3nc(-c4ccccc4)nc(-c4c(-c5ccc(-c6ccccc6)cc5)ccc5oc6ccccc6c45)n3)cc2)c2ccccc2CC1. The number of furan rings is 1. The first-order chi connectivity index (χ1) is 26.3. The molecule has 0 saturated heterocycles. The summed E-state index contributed by atoms with van der Waals surface area (Å²) in [5.41, 5.74) is 14.0. The summed E-state index contributed by atoms with van der Waals surface area (Å²) in [6, 6.07) is 59.1. The molecule has 0 fully saturated rings. The largest absolute Gasteiger partial charge is 0.456 e. The van der Waals surface area contributed by atoms with Gasteiger partial charge in [0.2, 0.25) is 0 Å². The number of hydrogen-bond acceptors (Lipinski definition) is 4. The Bertz CT molecular complexity index is 2800. The van der Waals surface area contributed by atoms with Gasteiger partial charge in [-0.25, -0.2) is 15.0 Å². The molecule has 250 valence electrons. The highest BCUT2D eigenvalue weighted by molar-refractivity contribution is 6.15. The third-order valence-electron chi connectivity index (χ3n) is 10.3. The number of para-hydroxylation sites is 1. The highest BCUT2D eigenvalue weighted by Gasteiger charge is 2.22. The number of aryl methyl sites for hydroxylation is 1. The predicted octanol–water partition coefficient (Wildman–Crippen LogP) is 12.5. The predicted molar refractivity (Wildman–Crippen MR) is 216 cm³/mol. The van der Waals surface area contributed by atoms with Gasteiger partial charge in [-0.2, -0.15) is 0 Å². The van der Waals surface area contributed by atoms with Gasteiger partial charge in [-0.3, -0.25) is 0 Å². The maximum Gasteiger partial charge on any atom is 0.165 e. The fraction of sp³-hybridized carbons (Fsp3) is 0.0408. The molecule has 0 bridgehead atoms. The van der Waals surface area contributed by atoms with Crippen LogP contribution in [0.5, 0.6) is 0 Å². The Labute approximate surface area is 307 Å². The molecule has 0 amide bonds. The van der Waals surface area contributed by atoms with Gasteiger partial charge in [0.1, 0.15) is 11.2 Å². The lowest BCUT2D eigenvalue weighted by atomic mass is 9.87. The lowest BCUT2D eigenvalue weighted by Gasteiger charge is -2.18. The molecule has 0 saturated carbocycles. The van der Waals surface area contributed by atoms with Crippen LogP contribution in [-0.4, -0.2) is 15.0 Å². The van der Waals surface area contributed by atoms with Crippen LogP contribution >= 0.6 is 0 Å². The molecule has 1 aliphatic carbocycles. The first kappa shape index (κ1) is 30.9. The molecule has 7 aromatic carbocycles. The first-order valence-electron chi connectivity index (χ1n) is 18.1. The van der Waals surface area contributed by atoms with Crippen LogP contribution in [0.4, 0.5) is 0 Å². The normalized spacial score (nSPS) is 12.5. The van der Waals surface area contributed by atoms with Gasteiger partial charge < -0.3 is 4.42 Å². The van der Waals surface area contributed by atoms with Crippen LogP contribution in [0.2, 0.25) is 0 Å². The molecule has 0 unspecified atom stereocenters. The molecular formula is C49H33N3O. The quantitative estimate of drug-likeness (QED) is 0.175. The van der Waals surface area contributed by atoms with E-state index in [-0.39, 0.29) is 0 Å². The summed E-state index contributed by atoms with van der Waals surface area (Å²) in [5, 5.41) is 2.01. The number of allylic oxidation sites excluding steroid dienone is 1. The molecule has 10 rings (SSSR count). The van der Waals surface area contributed by atoms with Crippen molar-refractivity contribution < 1.29 is 4.42 Å². The molecule has 0 N–H and O–H groups in total. The molecule has 2 heterocycles. The third kappa shape index (κ3) is 5.62. The van der Waals surface area contributed by atoms with Crippen molar-refractivity contribution in [1.29, 1.82) is 0 Å². The zero-order valence-corrected chi connectivity index (χ0v) is 28.9. The van der Waals surface area contributed by atoms with Crippen LogP contribution in [-0.2, 0) is 6.42 Å². The Hall–Kier alpha value is -6.91. The van der Waals surface area contributed by atoms with Crippen molar-refractivity contribution >= 4 is 27.5 Å². The fourth-order valence-corrected chi connectivity index (χ4v) is 7.65. The Morgan fingerprint density at radius 3 is 1.74 bits per heavy atom. The summed E-state index contributed by atoms with van der Waals surface area (Å²) in [6.45, 7) is 0. The van der Waals surface area contributed by atoms with E-state index in [1.807, 2.05) is 36.4 Å². The molecule has 0 atom stereocenters. The Morgan fingerprint density at radius 1 is 0.396 bits per heavy atom. The van der Waals surface area contributed by atoms with E-state index in [1.165, 1.54) is 27.8 Å². The molecule has 1 aliphatic rings. The Kier molecular flexibility index (Phi) is 7.58. The van der Waals surface area contributed by atoms with Gasteiger partial charge >= 0.3 is 0 Å². The van der Waals surface area contributed by atoms with E-state index in [0.717, 1.165) is 68.2 Å². The molecular weight excluding hydrogens is 647 g/mol. The summed E-state index contributed by atoms with van der Waals surface area (Å²) in [6.07, 6.45) is 4.47. The minimum absolute atomic E-state index is 0.598. The van der Waals surface area contributed by atoms with E-state index in [2.05, 4.69) is 140 Å². The van der Waals surface area contributed by atoms with E-state index in [0.29, 0.717) is 17.5 Å². The summed E-state index contributed by atoms with van der Waals surface area (Å²) in [5.74, 6) is 1.84. The second kappa shape index (κ2) is 13.0. The summed E-state index contributed by atoms with van der Waals surface area (Å²) < 4.78 is 6.43. The number of fused-ring (bicyclic) bond motifs is 4. The Balaban J connectivity index is 1.17. The minimum Gasteiger partial charge on any atom is -0.456 e. The highest BCUT2D eigenvalue weighted by atomic mass is 16.3. The van der Waals surface area contributed by atoms with Crippen LogP contribution in [0.3, 0.4) is 0 Å². The van der Waals surface area contributed by atoms with Crippen molar-refractivity contribution in [2.45, 2.75) is 12.8 Å². The second-order valence-electron chi connectivity index (χ2n) is 13.5. The molecule has 2 aromatic heterocycles. The number of benzene rings is 7. The lowest BCUT2D eigenvalue weighted by Crippen LogP contribution is -2.02. The number of nitrogens with zero attached hydrogens (tertiary/aromatic N) is 3. The summed E-state index contributed by atoms with van der Waals surface area (Å²) in [4.78, 5) is 15.6. The third-order valence-corrected chi connectivity index (χ3v) is 10.3. The molecule has 0 spiro atoms. The van der Waals surface area contributed by atoms with Crippen LogP contribution in [0.25, 0.3) is 83.9 Å². The smallest absolute Gasteiger partial charge is 0.165 e. The summed E-state index contributed by atoms with van der Waals surface area (Å²) >= 11 is 0. The molecule has 9 aromatic rings. The minimum atomic E-state index is 0.598.